The van der Waals surface area contributed by atoms with Crippen molar-refractivity contribution >= 4 is 11.6 Å². The Bertz CT molecular complexity index is 646. The van der Waals surface area contributed by atoms with E-state index in [4.69, 9.17) is 0 Å². The molecule has 16 heavy (non-hydrogen) atoms. The van der Waals surface area contributed by atoms with Crippen LogP contribution in [-0.4, -0.2) is 6.54 Å². The maximum Gasteiger partial charge on any atom is 0.0257 e. The predicted molar refractivity (Wildman–Crippen MR) is 65.8 cm³/mol. The summed E-state index contributed by atoms with van der Waals surface area (Å²) in [6, 6.07) is 8.65. The Balaban J connectivity index is 2.11. The van der Waals surface area contributed by atoms with Crippen molar-refractivity contribution in [2.45, 2.75) is 6.42 Å². The van der Waals surface area contributed by atoms with Crippen LogP contribution in [0.2, 0.25) is 0 Å². The van der Waals surface area contributed by atoms with Crippen LogP contribution in [-0.2, 0) is 0 Å². The fourth-order valence-electron chi connectivity index (χ4n) is 2.99. The van der Waals surface area contributed by atoms with Crippen molar-refractivity contribution in [3.8, 4) is 0 Å². The van der Waals surface area contributed by atoms with Gasteiger partial charge in [-0.2, -0.15) is 0 Å². The van der Waals surface area contributed by atoms with E-state index in [2.05, 4.69) is 47.8 Å². The number of fused-ring (bicyclic) bond motifs is 3. The van der Waals surface area contributed by atoms with Crippen molar-refractivity contribution < 1.29 is 0 Å². The van der Waals surface area contributed by atoms with Gasteiger partial charge in [0.25, 0.3) is 0 Å². The van der Waals surface area contributed by atoms with Gasteiger partial charge < -0.3 is 5.32 Å². The highest BCUT2D eigenvalue weighted by molar-refractivity contribution is 5.89. The molecule has 0 amide bonds. The standard InChI is InChI=1S/C15H13N/c1-2-4-12-11(3-1)9-14-13(12)6-5-10-7-8-16-15(10)14/h1-6,9-10,16H,7-8H2. The van der Waals surface area contributed by atoms with E-state index in [1.54, 1.807) is 0 Å². The summed E-state index contributed by atoms with van der Waals surface area (Å²) in [4.78, 5) is 0. The lowest BCUT2D eigenvalue weighted by Crippen LogP contribution is -2.21. The maximum absolute atomic E-state index is 3.54. The number of nitrogens with one attached hydrogen (secondary N) is 1. The number of rotatable bonds is 0. The average molecular weight is 207 g/mol. The highest BCUT2D eigenvalue weighted by Gasteiger charge is 2.26. The molecule has 4 rings (SSSR count). The molecule has 1 saturated heterocycles. The number of allylic oxidation sites excluding steroid dienone is 3. The minimum Gasteiger partial charge on any atom is -0.387 e. The van der Waals surface area contributed by atoms with Gasteiger partial charge in [0.1, 0.15) is 0 Å². The molecule has 1 N–H and O–H groups in total. The van der Waals surface area contributed by atoms with Gasteiger partial charge in [-0.05, 0) is 28.5 Å². The van der Waals surface area contributed by atoms with E-state index in [1.165, 1.54) is 33.7 Å². The fraction of sp³-hybridized carbons (Fsp3) is 0.200. The Morgan fingerprint density at radius 1 is 1.12 bits per heavy atom. The molecule has 1 nitrogen and oxygen atoms in total. The van der Waals surface area contributed by atoms with Gasteiger partial charge in [-0.25, -0.2) is 0 Å². The van der Waals surface area contributed by atoms with E-state index in [9.17, 15) is 0 Å². The molecular weight excluding hydrogens is 194 g/mol. The monoisotopic (exact) mass is 207 g/mol. The van der Waals surface area contributed by atoms with Gasteiger partial charge in [0.05, 0.1) is 0 Å². The summed E-state index contributed by atoms with van der Waals surface area (Å²) in [6.07, 6.45) is 8.23. The van der Waals surface area contributed by atoms with Crippen LogP contribution in [0.4, 0.5) is 0 Å². The molecule has 0 spiro atoms. The molecule has 2 aliphatic carbocycles. The van der Waals surface area contributed by atoms with E-state index in [-0.39, 0.29) is 0 Å². The molecule has 1 atom stereocenters. The molecule has 1 heterocycles. The minimum atomic E-state index is 0.629. The average Bonchev–Trinajstić information content (AvgIpc) is 2.92. The summed E-state index contributed by atoms with van der Waals surface area (Å²) in [5, 5.41) is 6.28. The van der Waals surface area contributed by atoms with Crippen molar-refractivity contribution in [3.63, 3.8) is 0 Å². The predicted octanol–water partition coefficient (Wildman–Crippen LogP) is 1.06. The lowest BCUT2D eigenvalue weighted by molar-refractivity contribution is 0.791. The molecule has 1 unspecified atom stereocenters. The summed E-state index contributed by atoms with van der Waals surface area (Å²) in [5.74, 6) is 0.629. The molecule has 1 aromatic rings. The second-order valence-electron chi connectivity index (χ2n) is 4.65. The number of hydrogen-bond acceptors (Lipinski definition) is 1. The molecule has 1 aromatic carbocycles. The third kappa shape index (κ3) is 0.955. The minimum absolute atomic E-state index is 0.629. The normalized spacial score (nSPS) is 24.8. The first kappa shape index (κ1) is 8.40. The van der Waals surface area contributed by atoms with Gasteiger partial charge in [-0.3, -0.25) is 0 Å². The maximum atomic E-state index is 3.54. The largest absolute Gasteiger partial charge is 0.387 e. The fourth-order valence-corrected chi connectivity index (χ4v) is 2.99. The zero-order chi connectivity index (χ0) is 10.5. The van der Waals surface area contributed by atoms with Crippen LogP contribution < -0.4 is 15.8 Å². The van der Waals surface area contributed by atoms with Gasteiger partial charge in [0.2, 0.25) is 0 Å². The summed E-state index contributed by atoms with van der Waals surface area (Å²) in [5.41, 5.74) is 4.26. The van der Waals surface area contributed by atoms with Crippen LogP contribution in [0.3, 0.4) is 0 Å². The van der Waals surface area contributed by atoms with Gasteiger partial charge in [-0.1, -0.05) is 36.4 Å². The molecule has 0 radical (unpaired) electrons. The van der Waals surface area contributed by atoms with E-state index in [0.29, 0.717) is 5.92 Å². The van der Waals surface area contributed by atoms with Crippen molar-refractivity contribution in [1.29, 1.82) is 0 Å². The van der Waals surface area contributed by atoms with Crippen molar-refractivity contribution in [1.82, 2.24) is 5.32 Å². The lowest BCUT2D eigenvalue weighted by Gasteiger charge is -2.16. The third-order valence-corrected chi connectivity index (χ3v) is 3.77. The van der Waals surface area contributed by atoms with Crippen LogP contribution in [0.5, 0.6) is 0 Å². The SMILES string of the molecule is C1=CC2CCNC2=C2C=c3ccccc3=C12. The van der Waals surface area contributed by atoms with Crippen molar-refractivity contribution in [3.05, 3.63) is 58.1 Å². The van der Waals surface area contributed by atoms with Gasteiger partial charge in [-0.15, -0.1) is 0 Å². The Morgan fingerprint density at radius 2 is 2.06 bits per heavy atom. The molecule has 3 aliphatic rings. The Morgan fingerprint density at radius 3 is 3.06 bits per heavy atom. The number of hydrogen-bond donors (Lipinski definition) is 1. The molecule has 0 bridgehead atoms. The molecule has 1 fully saturated rings. The van der Waals surface area contributed by atoms with E-state index in [1.807, 2.05) is 0 Å². The van der Waals surface area contributed by atoms with Crippen LogP contribution in [0.15, 0.2) is 47.7 Å². The topological polar surface area (TPSA) is 12.0 Å². The highest BCUT2D eigenvalue weighted by Crippen LogP contribution is 2.34. The smallest absolute Gasteiger partial charge is 0.0257 e. The zero-order valence-corrected chi connectivity index (χ0v) is 9.03. The molecule has 0 aromatic heterocycles. The first-order chi connectivity index (χ1) is 7.93. The third-order valence-electron chi connectivity index (χ3n) is 3.77. The summed E-state index contributed by atoms with van der Waals surface area (Å²) in [6.45, 7) is 1.12. The molecular formula is C15H13N. The van der Waals surface area contributed by atoms with Crippen LogP contribution in [0, 0.1) is 5.92 Å². The van der Waals surface area contributed by atoms with Crippen LogP contribution in [0.25, 0.3) is 11.6 Å². The zero-order valence-electron chi connectivity index (χ0n) is 9.03. The van der Waals surface area contributed by atoms with E-state index < -0.39 is 0 Å². The Hall–Kier alpha value is -1.76. The van der Waals surface area contributed by atoms with Gasteiger partial charge in [0, 0.05) is 23.7 Å². The van der Waals surface area contributed by atoms with Crippen molar-refractivity contribution in [2.24, 2.45) is 5.92 Å². The lowest BCUT2D eigenvalue weighted by atomic mass is 9.91. The first-order valence-electron chi connectivity index (χ1n) is 5.91. The summed E-state index contributed by atoms with van der Waals surface area (Å²) < 4.78 is 0. The molecule has 1 heteroatoms. The van der Waals surface area contributed by atoms with E-state index in [0.717, 1.165) is 6.54 Å². The van der Waals surface area contributed by atoms with Gasteiger partial charge >= 0.3 is 0 Å². The molecule has 78 valence electrons. The Kier molecular flexibility index (Phi) is 1.51. The quantitative estimate of drug-likeness (QED) is 0.671. The van der Waals surface area contributed by atoms with E-state index >= 15 is 0 Å². The molecule has 1 aliphatic heterocycles. The second-order valence-corrected chi connectivity index (χ2v) is 4.65. The summed E-state index contributed by atoms with van der Waals surface area (Å²) >= 11 is 0. The van der Waals surface area contributed by atoms with Crippen LogP contribution >= 0.6 is 0 Å². The summed E-state index contributed by atoms with van der Waals surface area (Å²) in [7, 11) is 0. The Labute approximate surface area is 94.5 Å². The highest BCUT2D eigenvalue weighted by atomic mass is 14.9. The van der Waals surface area contributed by atoms with Crippen molar-refractivity contribution in [2.75, 3.05) is 6.54 Å². The van der Waals surface area contributed by atoms with Gasteiger partial charge in [0.15, 0.2) is 0 Å². The van der Waals surface area contributed by atoms with Crippen LogP contribution in [0.1, 0.15) is 6.42 Å². The number of benzene rings is 1. The second kappa shape index (κ2) is 2.88. The first-order valence-corrected chi connectivity index (χ1v) is 5.91. The molecule has 0 saturated carbocycles.